The van der Waals surface area contributed by atoms with Crippen molar-refractivity contribution in [2.75, 3.05) is 19.8 Å². The molecule has 2 atom stereocenters. The van der Waals surface area contributed by atoms with Gasteiger partial charge in [0.1, 0.15) is 5.60 Å². The molecule has 0 aromatic carbocycles. The second-order valence-corrected chi connectivity index (χ2v) is 5.33. The van der Waals surface area contributed by atoms with Crippen LogP contribution in [0.5, 0.6) is 0 Å². The average Bonchev–Trinajstić information content (AvgIpc) is 2.24. The second kappa shape index (κ2) is 5.54. The predicted molar refractivity (Wildman–Crippen MR) is 59.6 cm³/mol. The van der Waals surface area contributed by atoms with Gasteiger partial charge < -0.3 is 14.6 Å². The quantitative estimate of drug-likeness (QED) is 0.794. The molecule has 0 saturated carbocycles. The fourth-order valence-electron chi connectivity index (χ4n) is 1.59. The fourth-order valence-corrected chi connectivity index (χ4v) is 1.59. The lowest BCUT2D eigenvalue weighted by Crippen LogP contribution is -2.58. The first kappa shape index (κ1) is 16.0. The number of halogens is 3. The first-order valence-electron chi connectivity index (χ1n) is 5.83. The van der Waals surface area contributed by atoms with E-state index in [4.69, 9.17) is 9.84 Å². The first-order valence-corrected chi connectivity index (χ1v) is 5.83. The molecule has 5 nitrogen and oxygen atoms in total. The number of hydrogen-bond donors (Lipinski definition) is 1. The Bertz CT molecular complexity index is 327. The van der Waals surface area contributed by atoms with Crippen molar-refractivity contribution >= 4 is 6.09 Å². The van der Waals surface area contributed by atoms with Crippen LogP contribution >= 0.6 is 0 Å². The molecule has 1 N–H and O–H groups in total. The van der Waals surface area contributed by atoms with Crippen molar-refractivity contribution in [2.24, 2.45) is 0 Å². The molecule has 8 heteroatoms. The number of carbonyl (C=O) groups is 1. The Hall–Kier alpha value is -1.02. The van der Waals surface area contributed by atoms with Crippen LogP contribution in [-0.4, -0.2) is 59.8 Å². The summed E-state index contributed by atoms with van der Waals surface area (Å²) in [5.41, 5.74) is -0.816. The van der Waals surface area contributed by atoms with E-state index in [1.54, 1.807) is 20.8 Å². The molecule has 0 radical (unpaired) electrons. The zero-order valence-electron chi connectivity index (χ0n) is 11.0. The van der Waals surface area contributed by atoms with Gasteiger partial charge in [-0.1, -0.05) is 0 Å². The molecule has 1 aliphatic heterocycles. The summed E-state index contributed by atoms with van der Waals surface area (Å²) in [5.74, 6) is 0. The van der Waals surface area contributed by atoms with Gasteiger partial charge in [-0.05, 0) is 20.8 Å². The Morgan fingerprint density at radius 2 is 2.00 bits per heavy atom. The van der Waals surface area contributed by atoms with Gasteiger partial charge in [-0.15, -0.1) is 0 Å². The highest BCUT2D eigenvalue weighted by molar-refractivity contribution is 5.68. The third-order valence-corrected chi connectivity index (χ3v) is 2.50. The third-order valence-electron chi connectivity index (χ3n) is 2.50. The molecule has 0 aromatic rings. The van der Waals surface area contributed by atoms with Crippen LogP contribution in [0.15, 0.2) is 0 Å². The van der Waals surface area contributed by atoms with Crippen LogP contribution in [-0.2, 0) is 9.47 Å². The lowest BCUT2D eigenvalue weighted by atomic mass is 10.2. The van der Waals surface area contributed by atoms with E-state index >= 15 is 0 Å². The van der Waals surface area contributed by atoms with Crippen molar-refractivity contribution in [2.45, 2.75) is 44.7 Å². The molecule has 0 unspecified atom stereocenters. The minimum absolute atomic E-state index is 0.375. The number of ether oxygens (including phenoxy) is 2. The molecule has 0 aliphatic carbocycles. The summed E-state index contributed by atoms with van der Waals surface area (Å²) in [5, 5.41) is 9.09. The number of amides is 1. The summed E-state index contributed by atoms with van der Waals surface area (Å²) in [4.78, 5) is 12.7. The number of carbonyl (C=O) groups excluding carboxylic acids is 1. The number of rotatable bonds is 1. The van der Waals surface area contributed by atoms with Crippen LogP contribution in [0.4, 0.5) is 18.0 Å². The summed E-state index contributed by atoms with van der Waals surface area (Å²) in [6.07, 6.45) is -7.49. The molecule has 0 bridgehead atoms. The zero-order valence-corrected chi connectivity index (χ0v) is 11.0. The summed E-state index contributed by atoms with van der Waals surface area (Å²) in [6.45, 7) is 3.30. The third kappa shape index (κ3) is 4.54. The maximum atomic E-state index is 12.6. The molecule has 1 amide bonds. The maximum absolute atomic E-state index is 12.6. The molecule has 112 valence electrons. The minimum Gasteiger partial charge on any atom is -0.444 e. The number of aliphatic hydroxyl groups is 1. The monoisotopic (exact) mass is 285 g/mol. The topological polar surface area (TPSA) is 59.0 Å². The molecular weight excluding hydrogens is 267 g/mol. The Kier molecular flexibility index (Phi) is 4.67. The van der Waals surface area contributed by atoms with E-state index in [1.807, 2.05) is 0 Å². The second-order valence-electron chi connectivity index (χ2n) is 5.33. The SMILES string of the molecule is CC(C)(C)OC(=O)N1C[C@H](C(F)(F)F)OC[C@H]1CO. The number of morpholine rings is 1. The molecule has 1 aliphatic rings. The van der Waals surface area contributed by atoms with Gasteiger partial charge in [0.25, 0.3) is 0 Å². The van der Waals surface area contributed by atoms with Crippen LogP contribution in [0.2, 0.25) is 0 Å². The van der Waals surface area contributed by atoms with Crippen LogP contribution in [0, 0.1) is 0 Å². The lowest BCUT2D eigenvalue weighted by Gasteiger charge is -2.39. The van der Waals surface area contributed by atoms with Crippen LogP contribution in [0.3, 0.4) is 0 Å². The molecule has 0 aromatic heterocycles. The summed E-state index contributed by atoms with van der Waals surface area (Å²) in [7, 11) is 0. The van der Waals surface area contributed by atoms with Gasteiger partial charge in [-0.3, -0.25) is 4.90 Å². The standard InChI is InChI=1S/C11H18F3NO4/c1-10(2,3)19-9(17)15-4-8(11(12,13)14)18-6-7(15)5-16/h7-8,16H,4-6H2,1-3H3/t7-,8-/m1/s1. The van der Waals surface area contributed by atoms with Crippen molar-refractivity contribution in [3.8, 4) is 0 Å². The zero-order chi connectivity index (χ0) is 14.8. The van der Waals surface area contributed by atoms with Gasteiger partial charge >= 0.3 is 12.3 Å². The molecule has 1 heterocycles. The predicted octanol–water partition coefficient (Wildman–Crippen LogP) is 1.55. The number of hydrogen-bond acceptors (Lipinski definition) is 4. The highest BCUT2D eigenvalue weighted by Crippen LogP contribution is 2.28. The van der Waals surface area contributed by atoms with Crippen molar-refractivity contribution < 1.29 is 32.5 Å². The van der Waals surface area contributed by atoms with Gasteiger partial charge in [-0.25, -0.2) is 4.79 Å². The van der Waals surface area contributed by atoms with Crippen molar-refractivity contribution in [1.82, 2.24) is 4.90 Å². The number of alkyl halides is 3. The van der Waals surface area contributed by atoms with Crippen molar-refractivity contribution in [3.63, 3.8) is 0 Å². The Balaban J connectivity index is 2.78. The molecule has 19 heavy (non-hydrogen) atoms. The van der Waals surface area contributed by atoms with E-state index in [0.29, 0.717) is 0 Å². The van der Waals surface area contributed by atoms with Crippen LogP contribution in [0.25, 0.3) is 0 Å². The van der Waals surface area contributed by atoms with Gasteiger partial charge in [-0.2, -0.15) is 13.2 Å². The minimum atomic E-state index is -4.55. The smallest absolute Gasteiger partial charge is 0.416 e. The summed E-state index contributed by atoms with van der Waals surface area (Å²) < 4.78 is 47.4. The fraction of sp³-hybridized carbons (Fsp3) is 0.909. The molecule has 0 spiro atoms. The van der Waals surface area contributed by atoms with E-state index in [2.05, 4.69) is 4.74 Å². The number of aliphatic hydroxyl groups excluding tert-OH is 1. The Labute approximate surface area is 109 Å². The van der Waals surface area contributed by atoms with Gasteiger partial charge in [0.05, 0.1) is 25.8 Å². The van der Waals surface area contributed by atoms with Crippen LogP contribution < -0.4 is 0 Å². The van der Waals surface area contributed by atoms with Crippen LogP contribution in [0.1, 0.15) is 20.8 Å². The maximum Gasteiger partial charge on any atom is 0.416 e. The summed E-state index contributed by atoms with van der Waals surface area (Å²) in [6, 6.07) is -0.826. The van der Waals surface area contributed by atoms with E-state index in [-0.39, 0.29) is 6.61 Å². The van der Waals surface area contributed by atoms with E-state index in [9.17, 15) is 18.0 Å². The largest absolute Gasteiger partial charge is 0.444 e. The van der Waals surface area contributed by atoms with E-state index in [0.717, 1.165) is 4.90 Å². The van der Waals surface area contributed by atoms with Crippen molar-refractivity contribution in [1.29, 1.82) is 0 Å². The molecule has 1 rings (SSSR count). The van der Waals surface area contributed by atoms with Gasteiger partial charge in [0.2, 0.25) is 0 Å². The molecular formula is C11H18F3NO4. The average molecular weight is 285 g/mol. The van der Waals surface area contributed by atoms with E-state index in [1.165, 1.54) is 0 Å². The van der Waals surface area contributed by atoms with E-state index < -0.39 is 43.2 Å². The number of nitrogens with zero attached hydrogens (tertiary/aromatic N) is 1. The van der Waals surface area contributed by atoms with Gasteiger partial charge in [0.15, 0.2) is 6.10 Å². The normalized spacial score (nSPS) is 25.3. The van der Waals surface area contributed by atoms with Crippen molar-refractivity contribution in [3.05, 3.63) is 0 Å². The highest BCUT2D eigenvalue weighted by Gasteiger charge is 2.47. The Morgan fingerprint density at radius 3 is 2.42 bits per heavy atom. The Morgan fingerprint density at radius 1 is 1.42 bits per heavy atom. The summed E-state index contributed by atoms with van der Waals surface area (Å²) >= 11 is 0. The molecule has 1 saturated heterocycles. The highest BCUT2D eigenvalue weighted by atomic mass is 19.4. The molecule has 1 fully saturated rings. The lowest BCUT2D eigenvalue weighted by molar-refractivity contribution is -0.243. The van der Waals surface area contributed by atoms with Gasteiger partial charge in [0, 0.05) is 0 Å². The first-order chi connectivity index (χ1) is 8.54.